The minimum atomic E-state index is 0.0397. The van der Waals surface area contributed by atoms with E-state index in [0.29, 0.717) is 6.42 Å². The Morgan fingerprint density at radius 2 is 2.14 bits per heavy atom. The molecule has 1 amide bonds. The van der Waals surface area contributed by atoms with Crippen LogP contribution in [0.15, 0.2) is 23.1 Å². The molecule has 21 heavy (non-hydrogen) atoms. The second-order valence-corrected chi connectivity index (χ2v) is 6.93. The maximum absolute atomic E-state index is 12.3. The molecule has 1 saturated heterocycles. The third-order valence-corrected chi connectivity index (χ3v) is 5.22. The number of aliphatic hydroxyl groups is 1. The van der Waals surface area contributed by atoms with Crippen LogP contribution in [0.1, 0.15) is 36.8 Å². The van der Waals surface area contributed by atoms with Gasteiger partial charge in [-0.1, -0.05) is 6.07 Å². The number of carbonyl (C=O) groups excluding carboxylic acids is 1. The Kier molecular flexibility index (Phi) is 6.12. The van der Waals surface area contributed by atoms with E-state index >= 15 is 0 Å². The average molecular weight is 307 g/mol. The van der Waals surface area contributed by atoms with Gasteiger partial charge >= 0.3 is 0 Å². The van der Waals surface area contributed by atoms with E-state index in [9.17, 15) is 9.90 Å². The Bertz CT molecular complexity index is 490. The van der Waals surface area contributed by atoms with Gasteiger partial charge in [0.25, 0.3) is 0 Å². The number of benzene rings is 1. The van der Waals surface area contributed by atoms with Crippen molar-refractivity contribution in [3.63, 3.8) is 0 Å². The van der Waals surface area contributed by atoms with Gasteiger partial charge in [0.1, 0.15) is 0 Å². The molecule has 0 aliphatic carbocycles. The molecule has 2 rings (SSSR count). The predicted molar refractivity (Wildman–Crippen MR) is 87.7 cm³/mol. The quantitative estimate of drug-likeness (QED) is 0.850. The van der Waals surface area contributed by atoms with Crippen LogP contribution in [0.25, 0.3) is 0 Å². The molecule has 1 unspecified atom stereocenters. The number of hydrogen-bond donors (Lipinski definition) is 1. The molecule has 1 aliphatic rings. The van der Waals surface area contributed by atoms with Crippen LogP contribution in [0, 0.1) is 13.8 Å². The lowest BCUT2D eigenvalue weighted by atomic mass is 10.0. The van der Waals surface area contributed by atoms with E-state index < -0.39 is 0 Å². The van der Waals surface area contributed by atoms with Gasteiger partial charge in [0.15, 0.2) is 0 Å². The number of carbonyl (C=O) groups is 1. The molecule has 3 nitrogen and oxygen atoms in total. The minimum Gasteiger partial charge on any atom is -0.394 e. The predicted octanol–water partition coefficient (Wildman–Crippen LogP) is 3.16. The number of aryl methyl sites for hydroxylation is 2. The van der Waals surface area contributed by atoms with E-state index in [1.165, 1.54) is 16.0 Å². The molecule has 116 valence electrons. The second kappa shape index (κ2) is 7.85. The molecular formula is C17H25NO2S. The van der Waals surface area contributed by atoms with Crippen molar-refractivity contribution in [3.8, 4) is 0 Å². The third kappa shape index (κ3) is 4.48. The Balaban J connectivity index is 1.82. The van der Waals surface area contributed by atoms with Gasteiger partial charge in [-0.05, 0) is 56.4 Å². The summed E-state index contributed by atoms with van der Waals surface area (Å²) in [6.45, 7) is 5.12. The first-order valence-corrected chi connectivity index (χ1v) is 8.70. The van der Waals surface area contributed by atoms with Crippen LogP contribution in [0.4, 0.5) is 0 Å². The zero-order valence-electron chi connectivity index (χ0n) is 13.0. The molecule has 4 heteroatoms. The molecule has 1 atom stereocenters. The van der Waals surface area contributed by atoms with Crippen LogP contribution in [0.3, 0.4) is 0 Å². The Hall–Kier alpha value is -1.00. The fourth-order valence-electron chi connectivity index (χ4n) is 2.72. The summed E-state index contributed by atoms with van der Waals surface area (Å²) in [7, 11) is 0. The largest absolute Gasteiger partial charge is 0.394 e. The molecule has 0 radical (unpaired) electrons. The zero-order chi connectivity index (χ0) is 15.2. The molecule has 1 aromatic carbocycles. The Labute approximate surface area is 131 Å². The summed E-state index contributed by atoms with van der Waals surface area (Å²) in [4.78, 5) is 15.4. The summed E-state index contributed by atoms with van der Waals surface area (Å²) in [6.07, 6.45) is 3.67. The molecule has 1 aromatic rings. The molecule has 0 aromatic heterocycles. The molecular weight excluding hydrogens is 282 g/mol. The number of amides is 1. The van der Waals surface area contributed by atoms with Gasteiger partial charge in [0, 0.05) is 23.6 Å². The van der Waals surface area contributed by atoms with E-state index in [2.05, 4.69) is 32.0 Å². The summed E-state index contributed by atoms with van der Waals surface area (Å²) in [5, 5.41) is 9.37. The van der Waals surface area contributed by atoms with Crippen LogP contribution >= 0.6 is 11.8 Å². The van der Waals surface area contributed by atoms with Crippen molar-refractivity contribution in [2.24, 2.45) is 0 Å². The van der Waals surface area contributed by atoms with E-state index in [1.54, 1.807) is 11.8 Å². The SMILES string of the molecule is Cc1ccc(SCCC(=O)N2CCCCC2CO)cc1C. The van der Waals surface area contributed by atoms with Crippen LogP contribution in [-0.2, 0) is 4.79 Å². The Morgan fingerprint density at radius 1 is 1.33 bits per heavy atom. The fraction of sp³-hybridized carbons (Fsp3) is 0.588. The minimum absolute atomic E-state index is 0.0397. The van der Waals surface area contributed by atoms with Crippen molar-refractivity contribution in [1.29, 1.82) is 0 Å². The highest BCUT2D eigenvalue weighted by Crippen LogP contribution is 2.23. The first kappa shape index (κ1) is 16.4. The van der Waals surface area contributed by atoms with E-state index in [-0.39, 0.29) is 18.6 Å². The van der Waals surface area contributed by atoms with Gasteiger partial charge < -0.3 is 10.0 Å². The lowest BCUT2D eigenvalue weighted by molar-refractivity contribution is -0.135. The maximum Gasteiger partial charge on any atom is 0.223 e. The smallest absolute Gasteiger partial charge is 0.223 e. The van der Waals surface area contributed by atoms with Crippen molar-refractivity contribution in [3.05, 3.63) is 29.3 Å². The number of aliphatic hydroxyl groups excluding tert-OH is 1. The standard InChI is InChI=1S/C17H25NO2S/c1-13-6-7-16(11-14(13)2)21-10-8-17(20)18-9-4-3-5-15(18)12-19/h6-7,11,15,19H,3-5,8-10,12H2,1-2H3. The first-order chi connectivity index (χ1) is 10.1. The molecule has 1 N–H and O–H groups in total. The van der Waals surface area contributed by atoms with Gasteiger partial charge in [0.2, 0.25) is 5.91 Å². The zero-order valence-corrected chi connectivity index (χ0v) is 13.8. The summed E-state index contributed by atoms with van der Waals surface area (Å²) in [5.74, 6) is 0.987. The first-order valence-electron chi connectivity index (χ1n) is 7.72. The van der Waals surface area contributed by atoms with Crippen molar-refractivity contribution in [1.82, 2.24) is 4.90 Å². The molecule has 1 fully saturated rings. The van der Waals surface area contributed by atoms with Gasteiger partial charge in [-0.15, -0.1) is 11.8 Å². The third-order valence-electron chi connectivity index (χ3n) is 4.22. The van der Waals surface area contributed by atoms with Crippen LogP contribution in [-0.4, -0.2) is 40.9 Å². The van der Waals surface area contributed by atoms with Crippen molar-refractivity contribution in [2.45, 2.75) is 50.5 Å². The van der Waals surface area contributed by atoms with Gasteiger partial charge in [0.05, 0.1) is 12.6 Å². The number of piperidine rings is 1. The Morgan fingerprint density at radius 3 is 2.86 bits per heavy atom. The van der Waals surface area contributed by atoms with Crippen molar-refractivity contribution >= 4 is 17.7 Å². The van der Waals surface area contributed by atoms with E-state index in [0.717, 1.165) is 31.6 Å². The molecule has 0 spiro atoms. The number of thioether (sulfide) groups is 1. The van der Waals surface area contributed by atoms with Crippen LogP contribution in [0.5, 0.6) is 0 Å². The highest BCUT2D eigenvalue weighted by Gasteiger charge is 2.25. The van der Waals surface area contributed by atoms with Crippen LogP contribution < -0.4 is 0 Å². The summed E-state index contributed by atoms with van der Waals surface area (Å²) in [6, 6.07) is 6.47. The molecule has 1 heterocycles. The molecule has 1 aliphatic heterocycles. The number of nitrogens with zero attached hydrogens (tertiary/aromatic N) is 1. The monoisotopic (exact) mass is 307 g/mol. The van der Waals surface area contributed by atoms with Crippen LogP contribution in [0.2, 0.25) is 0 Å². The molecule has 0 bridgehead atoms. The lowest BCUT2D eigenvalue weighted by Gasteiger charge is -2.34. The normalized spacial score (nSPS) is 18.8. The number of likely N-dealkylation sites (tertiary alicyclic amines) is 1. The summed E-state index contributed by atoms with van der Waals surface area (Å²) in [5.41, 5.74) is 2.59. The van der Waals surface area contributed by atoms with Gasteiger partial charge in [-0.3, -0.25) is 4.79 Å². The maximum atomic E-state index is 12.3. The fourth-order valence-corrected chi connectivity index (χ4v) is 3.66. The molecule has 0 saturated carbocycles. The van der Waals surface area contributed by atoms with Crippen molar-refractivity contribution in [2.75, 3.05) is 18.9 Å². The average Bonchev–Trinajstić information content (AvgIpc) is 2.50. The van der Waals surface area contributed by atoms with Gasteiger partial charge in [-0.25, -0.2) is 0 Å². The van der Waals surface area contributed by atoms with Gasteiger partial charge in [-0.2, -0.15) is 0 Å². The van der Waals surface area contributed by atoms with E-state index in [4.69, 9.17) is 0 Å². The lowest BCUT2D eigenvalue weighted by Crippen LogP contribution is -2.45. The second-order valence-electron chi connectivity index (χ2n) is 5.76. The highest BCUT2D eigenvalue weighted by molar-refractivity contribution is 7.99. The topological polar surface area (TPSA) is 40.5 Å². The van der Waals surface area contributed by atoms with E-state index in [1.807, 2.05) is 4.90 Å². The highest BCUT2D eigenvalue weighted by atomic mass is 32.2. The summed E-state index contributed by atoms with van der Waals surface area (Å²) < 4.78 is 0. The summed E-state index contributed by atoms with van der Waals surface area (Å²) >= 11 is 1.73. The number of hydrogen-bond acceptors (Lipinski definition) is 3. The van der Waals surface area contributed by atoms with Crippen molar-refractivity contribution < 1.29 is 9.90 Å². The number of rotatable bonds is 5.